The number of nitrogens with zero attached hydrogens (tertiary/aromatic N) is 1. The zero-order chi connectivity index (χ0) is 21.0. The number of ether oxygens (including phenoxy) is 2. The van der Waals surface area contributed by atoms with Crippen molar-refractivity contribution in [3.8, 4) is 0 Å². The zero-order valence-corrected chi connectivity index (χ0v) is 16.9. The number of aryl methyl sites for hydroxylation is 1. The third kappa shape index (κ3) is 4.69. The van der Waals surface area contributed by atoms with Gasteiger partial charge in [-0.2, -0.15) is 0 Å². The molecule has 1 aliphatic carbocycles. The number of nitrogens with one attached hydrogen (secondary N) is 2. The second-order valence-corrected chi connectivity index (χ2v) is 7.83. The first-order chi connectivity index (χ1) is 13.9. The maximum atomic E-state index is 12.8. The minimum absolute atomic E-state index is 0.0574. The van der Waals surface area contributed by atoms with Gasteiger partial charge >= 0.3 is 5.97 Å². The number of thiazole rings is 1. The maximum absolute atomic E-state index is 12.8. The van der Waals surface area contributed by atoms with Gasteiger partial charge in [-0.1, -0.05) is 36.9 Å². The fraction of sp³-hybridized carbons (Fsp3) is 0.300. The first-order valence-corrected chi connectivity index (χ1v) is 9.66. The van der Waals surface area contributed by atoms with Crippen LogP contribution >= 0.6 is 11.3 Å². The largest absolute Gasteiger partial charge is 0.456 e. The molecule has 0 bridgehead atoms. The fourth-order valence-electron chi connectivity index (χ4n) is 2.79. The Balaban J connectivity index is 1.59. The van der Waals surface area contributed by atoms with Gasteiger partial charge in [-0.25, -0.2) is 9.78 Å². The van der Waals surface area contributed by atoms with E-state index in [2.05, 4.69) is 22.2 Å². The highest BCUT2D eigenvalue weighted by Crippen LogP contribution is 2.39. The summed E-state index contributed by atoms with van der Waals surface area (Å²) in [5.41, 5.74) is -0.674. The van der Waals surface area contributed by atoms with Crippen molar-refractivity contribution in [2.75, 3.05) is 7.11 Å². The van der Waals surface area contributed by atoms with Crippen LogP contribution < -0.4 is 10.6 Å². The van der Waals surface area contributed by atoms with Crippen LogP contribution in [0, 0.1) is 6.92 Å². The molecule has 1 aromatic heterocycles. The molecule has 1 aliphatic rings. The molecule has 29 heavy (non-hydrogen) atoms. The van der Waals surface area contributed by atoms with Gasteiger partial charge < -0.3 is 20.1 Å². The van der Waals surface area contributed by atoms with E-state index >= 15 is 0 Å². The number of amides is 2. The Labute approximate surface area is 171 Å². The second kappa shape index (κ2) is 8.54. The quantitative estimate of drug-likeness (QED) is 0.502. The molecule has 1 aromatic carbocycles. The van der Waals surface area contributed by atoms with Crippen LogP contribution in [0.25, 0.3) is 0 Å². The van der Waals surface area contributed by atoms with Crippen molar-refractivity contribution in [3.63, 3.8) is 0 Å². The minimum Gasteiger partial charge on any atom is -0.456 e. The molecular weight excluding hydrogens is 394 g/mol. The summed E-state index contributed by atoms with van der Waals surface area (Å²) in [4.78, 5) is 41.8. The van der Waals surface area contributed by atoms with Crippen molar-refractivity contribution >= 4 is 29.1 Å². The molecule has 0 saturated heterocycles. The van der Waals surface area contributed by atoms with Crippen LogP contribution in [-0.2, 0) is 25.7 Å². The number of esters is 1. The number of hydrogen-bond acceptors (Lipinski definition) is 7. The lowest BCUT2D eigenvalue weighted by Crippen LogP contribution is -2.51. The first kappa shape index (κ1) is 20.7. The average Bonchev–Trinajstić information content (AvgIpc) is 3.26. The predicted molar refractivity (Wildman–Crippen MR) is 106 cm³/mol. The van der Waals surface area contributed by atoms with Crippen LogP contribution in [0.3, 0.4) is 0 Å². The van der Waals surface area contributed by atoms with Crippen LogP contribution in [0.5, 0.6) is 0 Å². The molecule has 152 valence electrons. The van der Waals surface area contributed by atoms with E-state index in [1.807, 2.05) is 30.3 Å². The van der Waals surface area contributed by atoms with Gasteiger partial charge in [0, 0.05) is 13.5 Å². The van der Waals surface area contributed by atoms with Crippen LogP contribution in [-0.4, -0.2) is 41.5 Å². The Bertz CT molecular complexity index is 943. The van der Waals surface area contributed by atoms with E-state index in [1.54, 1.807) is 6.92 Å². The third-order valence-electron chi connectivity index (χ3n) is 4.49. The molecule has 1 fully saturated rings. The van der Waals surface area contributed by atoms with Gasteiger partial charge in [0.2, 0.25) is 0 Å². The number of carbonyl (C=O) groups is 3. The predicted octanol–water partition coefficient (Wildman–Crippen LogP) is 1.71. The summed E-state index contributed by atoms with van der Waals surface area (Å²) in [7, 11) is 1.45. The Morgan fingerprint density at radius 2 is 2.03 bits per heavy atom. The minimum atomic E-state index is -1.27. The Morgan fingerprint density at radius 1 is 1.31 bits per heavy atom. The summed E-state index contributed by atoms with van der Waals surface area (Å²) in [6.07, 6.45) is 1.23. The highest BCUT2D eigenvalue weighted by molar-refractivity contribution is 7.13. The lowest BCUT2D eigenvalue weighted by molar-refractivity contribution is -0.142. The highest BCUT2D eigenvalue weighted by atomic mass is 32.1. The molecule has 1 unspecified atom stereocenters. The maximum Gasteiger partial charge on any atom is 0.354 e. The molecule has 0 spiro atoms. The summed E-state index contributed by atoms with van der Waals surface area (Å²) in [5, 5.41) is 5.87. The molecule has 0 aliphatic heterocycles. The van der Waals surface area contributed by atoms with Crippen molar-refractivity contribution in [1.82, 2.24) is 15.6 Å². The van der Waals surface area contributed by atoms with Crippen LogP contribution in [0.15, 0.2) is 48.8 Å². The molecule has 2 N–H and O–H groups in total. The number of rotatable bonds is 8. The smallest absolute Gasteiger partial charge is 0.354 e. The van der Waals surface area contributed by atoms with Crippen molar-refractivity contribution in [2.24, 2.45) is 0 Å². The molecule has 2 atom stereocenters. The lowest BCUT2D eigenvalue weighted by atomic mass is 10.2. The van der Waals surface area contributed by atoms with E-state index in [0.717, 1.165) is 10.6 Å². The van der Waals surface area contributed by atoms with Gasteiger partial charge in [-0.05, 0) is 12.5 Å². The molecule has 2 amide bonds. The standard InChI is InChI=1S/C20H21N3O5S/c1-12(18(25)28-11-14-7-5-4-6-8-14)22-19(26)20(9-16(20)27-3)23-17(24)15-10-21-13(2)29-15/h4-8,10,16H,1,9,11H2,2-3H3,(H,22,26)(H,23,24)/t16?,20-/m1/s1. The molecule has 9 heteroatoms. The molecular formula is C20H21N3O5S. The van der Waals surface area contributed by atoms with Gasteiger partial charge in [0.25, 0.3) is 11.8 Å². The van der Waals surface area contributed by atoms with Crippen molar-refractivity contribution in [1.29, 1.82) is 0 Å². The first-order valence-electron chi connectivity index (χ1n) is 8.85. The van der Waals surface area contributed by atoms with Crippen molar-refractivity contribution in [3.05, 3.63) is 64.3 Å². The van der Waals surface area contributed by atoms with Gasteiger partial charge in [0.15, 0.2) is 0 Å². The van der Waals surface area contributed by atoms with Crippen LogP contribution in [0.2, 0.25) is 0 Å². The summed E-state index contributed by atoms with van der Waals surface area (Å²) in [6.45, 7) is 5.41. The normalized spacial score (nSPS) is 19.9. The third-order valence-corrected chi connectivity index (χ3v) is 5.40. The van der Waals surface area contributed by atoms with E-state index in [-0.39, 0.29) is 18.7 Å². The van der Waals surface area contributed by atoms with E-state index in [0.29, 0.717) is 4.88 Å². The molecule has 1 heterocycles. The highest BCUT2D eigenvalue weighted by Gasteiger charge is 2.62. The average molecular weight is 415 g/mol. The van der Waals surface area contributed by atoms with Gasteiger partial charge in [0.05, 0.1) is 17.3 Å². The number of methoxy groups -OCH3 is 1. The number of hydrogen-bond donors (Lipinski definition) is 2. The second-order valence-electron chi connectivity index (χ2n) is 6.59. The van der Waals surface area contributed by atoms with Crippen molar-refractivity contribution in [2.45, 2.75) is 31.6 Å². The zero-order valence-electron chi connectivity index (χ0n) is 16.1. The Hall–Kier alpha value is -3.04. The summed E-state index contributed by atoms with van der Waals surface area (Å²) in [6, 6.07) is 9.14. The molecule has 8 nitrogen and oxygen atoms in total. The molecule has 1 saturated carbocycles. The Kier molecular flexibility index (Phi) is 6.09. The van der Waals surface area contributed by atoms with E-state index in [1.165, 1.54) is 24.6 Å². The lowest BCUT2D eigenvalue weighted by Gasteiger charge is -2.18. The monoisotopic (exact) mass is 415 g/mol. The van der Waals surface area contributed by atoms with Crippen molar-refractivity contribution < 1.29 is 23.9 Å². The van der Waals surface area contributed by atoms with Gasteiger partial charge in [-0.3, -0.25) is 9.59 Å². The van der Waals surface area contributed by atoms with Crippen LogP contribution in [0.1, 0.15) is 26.7 Å². The fourth-order valence-corrected chi connectivity index (χ4v) is 3.46. The summed E-state index contributed by atoms with van der Waals surface area (Å²) >= 11 is 1.22. The van der Waals surface area contributed by atoms with Crippen LogP contribution in [0.4, 0.5) is 0 Å². The number of carbonyl (C=O) groups excluding carboxylic acids is 3. The molecule has 0 radical (unpaired) electrons. The molecule has 2 aromatic rings. The topological polar surface area (TPSA) is 107 Å². The van der Waals surface area contributed by atoms with E-state index in [4.69, 9.17) is 9.47 Å². The Morgan fingerprint density at radius 3 is 2.62 bits per heavy atom. The number of benzene rings is 1. The SMILES string of the molecule is C=C(NC(=O)[C@@]1(NC(=O)c2cnc(C)s2)CC1OC)C(=O)OCc1ccccc1. The molecule has 3 rings (SSSR count). The van der Waals surface area contributed by atoms with E-state index in [9.17, 15) is 14.4 Å². The summed E-state index contributed by atoms with van der Waals surface area (Å²) in [5.74, 6) is -1.76. The van der Waals surface area contributed by atoms with Gasteiger partial charge in [0.1, 0.15) is 22.7 Å². The summed E-state index contributed by atoms with van der Waals surface area (Å²) < 4.78 is 10.4. The van der Waals surface area contributed by atoms with E-state index < -0.39 is 29.4 Å². The number of aromatic nitrogens is 1. The van der Waals surface area contributed by atoms with Gasteiger partial charge in [-0.15, -0.1) is 11.3 Å².